The molecule has 2 aliphatic rings. The molecular formula is C15H27NO2. The van der Waals surface area contributed by atoms with Crippen LogP contribution in [0.2, 0.25) is 0 Å². The lowest BCUT2D eigenvalue weighted by molar-refractivity contribution is -0.135. The number of rotatable bonds is 3. The number of carbonyl (C=O) groups excluding carboxylic acids is 1. The lowest BCUT2D eigenvalue weighted by Gasteiger charge is -2.26. The van der Waals surface area contributed by atoms with Crippen molar-refractivity contribution in [1.82, 2.24) is 4.90 Å². The van der Waals surface area contributed by atoms with E-state index in [0.29, 0.717) is 5.91 Å². The number of aliphatic hydroxyl groups is 1. The van der Waals surface area contributed by atoms with Gasteiger partial charge in [0.15, 0.2) is 0 Å². The summed E-state index contributed by atoms with van der Waals surface area (Å²) in [7, 11) is 0. The van der Waals surface area contributed by atoms with E-state index in [1.54, 1.807) is 0 Å². The van der Waals surface area contributed by atoms with E-state index >= 15 is 0 Å². The molecule has 104 valence electrons. The van der Waals surface area contributed by atoms with Crippen molar-refractivity contribution in [2.45, 2.75) is 66.0 Å². The van der Waals surface area contributed by atoms with Crippen molar-refractivity contribution in [3.8, 4) is 0 Å². The van der Waals surface area contributed by atoms with E-state index < -0.39 is 0 Å². The maximum absolute atomic E-state index is 12.7. The van der Waals surface area contributed by atoms with Crippen molar-refractivity contribution in [2.24, 2.45) is 16.7 Å². The first kappa shape index (κ1) is 13.9. The molecule has 2 rings (SSSR count). The minimum absolute atomic E-state index is 0.113. The van der Waals surface area contributed by atoms with Crippen LogP contribution in [0.5, 0.6) is 0 Å². The highest BCUT2D eigenvalue weighted by Crippen LogP contribution is 2.69. The summed E-state index contributed by atoms with van der Waals surface area (Å²) in [6, 6.07) is 0.254. The number of aliphatic hydroxyl groups excluding tert-OH is 1. The molecule has 2 atom stereocenters. The second-order valence-electron chi connectivity index (χ2n) is 7.29. The van der Waals surface area contributed by atoms with E-state index in [4.69, 9.17) is 0 Å². The van der Waals surface area contributed by atoms with Crippen molar-refractivity contribution in [2.75, 3.05) is 6.54 Å². The first-order valence-electron chi connectivity index (χ1n) is 7.18. The third kappa shape index (κ3) is 1.97. The van der Waals surface area contributed by atoms with E-state index in [0.717, 1.165) is 25.8 Å². The van der Waals surface area contributed by atoms with Gasteiger partial charge < -0.3 is 10.0 Å². The Bertz CT molecular complexity index is 332. The second-order valence-corrected chi connectivity index (χ2v) is 7.29. The number of carbonyl (C=O) groups is 1. The zero-order chi connectivity index (χ0) is 13.7. The van der Waals surface area contributed by atoms with Crippen molar-refractivity contribution < 1.29 is 9.90 Å². The summed E-state index contributed by atoms with van der Waals surface area (Å²) < 4.78 is 0. The summed E-state index contributed by atoms with van der Waals surface area (Å²) in [6.45, 7) is 11.4. The Labute approximate surface area is 111 Å². The molecule has 18 heavy (non-hydrogen) atoms. The summed E-state index contributed by atoms with van der Waals surface area (Å²) in [6.07, 6.45) is 2.53. The Kier molecular flexibility index (Phi) is 3.25. The Hall–Kier alpha value is -0.570. The molecule has 0 aromatic rings. The molecular weight excluding hydrogens is 226 g/mol. The van der Waals surface area contributed by atoms with Gasteiger partial charge in [0.2, 0.25) is 5.91 Å². The Morgan fingerprint density at radius 2 is 1.89 bits per heavy atom. The molecule has 1 heterocycles. The fourth-order valence-electron chi connectivity index (χ4n) is 3.74. The van der Waals surface area contributed by atoms with Gasteiger partial charge in [-0.1, -0.05) is 27.7 Å². The van der Waals surface area contributed by atoms with E-state index in [2.05, 4.69) is 27.7 Å². The molecule has 1 amide bonds. The molecule has 0 spiro atoms. The molecule has 1 N–H and O–H groups in total. The molecule has 1 aliphatic heterocycles. The van der Waals surface area contributed by atoms with Crippen molar-refractivity contribution in [1.29, 1.82) is 0 Å². The predicted octanol–water partition coefficient (Wildman–Crippen LogP) is 2.43. The quantitative estimate of drug-likeness (QED) is 0.839. The van der Waals surface area contributed by atoms with Crippen LogP contribution in [0.4, 0.5) is 0 Å². The minimum Gasteiger partial charge on any atom is -0.393 e. The van der Waals surface area contributed by atoms with Gasteiger partial charge >= 0.3 is 0 Å². The molecule has 0 aromatic carbocycles. The molecule has 0 aromatic heterocycles. The van der Waals surface area contributed by atoms with Crippen molar-refractivity contribution in [3.05, 3.63) is 0 Å². The predicted molar refractivity (Wildman–Crippen MR) is 72.1 cm³/mol. The van der Waals surface area contributed by atoms with Gasteiger partial charge in [-0.15, -0.1) is 0 Å². The van der Waals surface area contributed by atoms with Gasteiger partial charge in [0.1, 0.15) is 0 Å². The molecule has 3 heteroatoms. The highest BCUT2D eigenvalue weighted by atomic mass is 16.3. The normalized spacial score (nSPS) is 31.4. The van der Waals surface area contributed by atoms with Gasteiger partial charge in [-0.25, -0.2) is 0 Å². The third-order valence-electron chi connectivity index (χ3n) is 5.54. The standard InChI is InChI=1S/C15H27NO2/c1-10(17)9-11-7-6-8-16(11)13(18)12-14(2,3)15(12,4)5/h10-12,17H,6-9H2,1-5H3. The fraction of sp³-hybridized carbons (Fsp3) is 0.933. The van der Waals surface area contributed by atoms with Crippen LogP contribution in [0.1, 0.15) is 53.9 Å². The van der Waals surface area contributed by atoms with Gasteiger partial charge in [-0.3, -0.25) is 4.79 Å². The summed E-state index contributed by atoms with van der Waals surface area (Å²) in [5, 5.41) is 9.53. The number of amides is 1. The van der Waals surface area contributed by atoms with Crippen LogP contribution in [0.25, 0.3) is 0 Å². The smallest absolute Gasteiger partial charge is 0.227 e. The SMILES string of the molecule is CC(O)CC1CCCN1C(=O)C1C(C)(C)C1(C)C. The van der Waals surface area contributed by atoms with Crippen LogP contribution in [0.15, 0.2) is 0 Å². The first-order chi connectivity index (χ1) is 8.19. The molecule has 0 radical (unpaired) electrons. The largest absolute Gasteiger partial charge is 0.393 e. The average molecular weight is 253 g/mol. The molecule has 3 nitrogen and oxygen atoms in total. The van der Waals surface area contributed by atoms with E-state index in [1.807, 2.05) is 11.8 Å². The lowest BCUT2D eigenvalue weighted by atomic mass is 10.0. The summed E-state index contributed by atoms with van der Waals surface area (Å²) >= 11 is 0. The Balaban J connectivity index is 2.06. The molecule has 1 saturated carbocycles. The zero-order valence-electron chi connectivity index (χ0n) is 12.4. The minimum atomic E-state index is -0.316. The van der Waals surface area contributed by atoms with Crippen LogP contribution in [0, 0.1) is 16.7 Å². The number of hydrogen-bond acceptors (Lipinski definition) is 2. The molecule has 1 aliphatic carbocycles. The number of likely N-dealkylation sites (tertiary alicyclic amines) is 1. The van der Waals surface area contributed by atoms with Crippen LogP contribution in [-0.2, 0) is 4.79 Å². The van der Waals surface area contributed by atoms with Crippen LogP contribution < -0.4 is 0 Å². The first-order valence-corrected chi connectivity index (χ1v) is 7.18. The maximum atomic E-state index is 12.7. The van der Waals surface area contributed by atoms with E-state index in [1.165, 1.54) is 0 Å². The van der Waals surface area contributed by atoms with Crippen LogP contribution >= 0.6 is 0 Å². The van der Waals surface area contributed by atoms with Crippen molar-refractivity contribution >= 4 is 5.91 Å². The highest BCUT2D eigenvalue weighted by Gasteiger charge is 2.69. The molecule has 0 bridgehead atoms. The van der Waals surface area contributed by atoms with E-state index in [-0.39, 0.29) is 28.9 Å². The summed E-state index contributed by atoms with van der Waals surface area (Å²) in [5.41, 5.74) is 0.226. The fourth-order valence-corrected chi connectivity index (χ4v) is 3.74. The third-order valence-corrected chi connectivity index (χ3v) is 5.54. The molecule has 1 saturated heterocycles. The van der Waals surface area contributed by atoms with Gasteiger partial charge in [0.25, 0.3) is 0 Å². The number of hydrogen-bond donors (Lipinski definition) is 1. The summed E-state index contributed by atoms with van der Waals surface area (Å²) in [5.74, 6) is 0.466. The maximum Gasteiger partial charge on any atom is 0.227 e. The van der Waals surface area contributed by atoms with E-state index in [9.17, 15) is 9.90 Å². The Morgan fingerprint density at radius 3 is 2.33 bits per heavy atom. The average Bonchev–Trinajstić information content (AvgIpc) is 2.58. The van der Waals surface area contributed by atoms with Gasteiger partial charge in [0.05, 0.1) is 6.10 Å². The lowest BCUT2D eigenvalue weighted by Crippen LogP contribution is -2.39. The highest BCUT2D eigenvalue weighted by molar-refractivity contribution is 5.84. The number of nitrogens with zero attached hydrogens (tertiary/aromatic N) is 1. The van der Waals surface area contributed by atoms with Crippen LogP contribution in [0.3, 0.4) is 0 Å². The van der Waals surface area contributed by atoms with Crippen molar-refractivity contribution in [3.63, 3.8) is 0 Å². The molecule has 2 unspecified atom stereocenters. The van der Waals surface area contributed by atoms with Gasteiger partial charge in [-0.2, -0.15) is 0 Å². The zero-order valence-corrected chi connectivity index (χ0v) is 12.4. The molecule has 2 fully saturated rings. The summed E-state index contributed by atoms with van der Waals surface area (Å²) in [4.78, 5) is 14.7. The topological polar surface area (TPSA) is 40.5 Å². The van der Waals surface area contributed by atoms with Gasteiger partial charge in [-0.05, 0) is 37.0 Å². The second kappa shape index (κ2) is 4.22. The van der Waals surface area contributed by atoms with Crippen LogP contribution in [-0.4, -0.2) is 34.6 Å². The van der Waals surface area contributed by atoms with Gasteiger partial charge in [0, 0.05) is 18.5 Å². The monoisotopic (exact) mass is 253 g/mol. The Morgan fingerprint density at radius 1 is 1.33 bits per heavy atom.